The molecule has 1 N–H and O–H groups in total. The van der Waals surface area contributed by atoms with Gasteiger partial charge < -0.3 is 9.84 Å². The molecule has 0 amide bonds. The lowest BCUT2D eigenvalue weighted by molar-refractivity contribution is 0.155. The lowest BCUT2D eigenvalue weighted by atomic mass is 9.99. The van der Waals surface area contributed by atoms with Gasteiger partial charge in [0, 0.05) is 5.56 Å². The van der Waals surface area contributed by atoms with Gasteiger partial charge in [-0.3, -0.25) is 0 Å². The first-order valence-electron chi connectivity index (χ1n) is 5.56. The lowest BCUT2D eigenvalue weighted by Crippen LogP contribution is -2.03. The average molecular weight is 226 g/mol. The van der Waals surface area contributed by atoms with Crippen LogP contribution in [0.25, 0.3) is 0 Å². The Balaban J connectivity index is 2.80. The number of rotatable bonds is 5. The number of aliphatic hydroxyl groups is 1. The predicted octanol–water partition coefficient (Wildman–Crippen LogP) is 3.30. The van der Waals surface area contributed by atoms with Crippen LogP contribution in [0.1, 0.15) is 38.4 Å². The van der Waals surface area contributed by atoms with Crippen molar-refractivity contribution >= 4 is 0 Å². The number of hydrogen-bond acceptors (Lipinski definition) is 2. The van der Waals surface area contributed by atoms with Gasteiger partial charge in [0.05, 0.1) is 13.2 Å². The van der Waals surface area contributed by atoms with Crippen LogP contribution >= 0.6 is 0 Å². The largest absolute Gasteiger partial charge is 0.496 e. The van der Waals surface area contributed by atoms with Gasteiger partial charge in [-0.15, -0.1) is 0 Å². The van der Waals surface area contributed by atoms with Crippen molar-refractivity contribution in [1.82, 2.24) is 0 Å². The first-order valence-corrected chi connectivity index (χ1v) is 5.56. The van der Waals surface area contributed by atoms with Crippen LogP contribution in [0.2, 0.25) is 0 Å². The lowest BCUT2D eigenvalue weighted by Gasteiger charge is -2.15. The quantitative estimate of drug-likeness (QED) is 0.834. The zero-order valence-corrected chi connectivity index (χ0v) is 10.0. The SMILES string of the molecule is COc1ccc(F)cc1C(O)CCC(C)C. The van der Waals surface area contributed by atoms with Crippen LogP contribution < -0.4 is 4.74 Å². The molecule has 2 nitrogen and oxygen atoms in total. The van der Waals surface area contributed by atoms with Gasteiger partial charge in [-0.2, -0.15) is 0 Å². The van der Waals surface area contributed by atoms with E-state index in [0.29, 0.717) is 23.7 Å². The van der Waals surface area contributed by atoms with E-state index in [4.69, 9.17) is 4.74 Å². The van der Waals surface area contributed by atoms with Gasteiger partial charge in [0.1, 0.15) is 11.6 Å². The van der Waals surface area contributed by atoms with E-state index in [-0.39, 0.29) is 5.82 Å². The highest BCUT2D eigenvalue weighted by molar-refractivity contribution is 5.35. The Morgan fingerprint density at radius 1 is 1.31 bits per heavy atom. The molecule has 3 heteroatoms. The van der Waals surface area contributed by atoms with Gasteiger partial charge in [-0.05, 0) is 37.0 Å². The van der Waals surface area contributed by atoms with E-state index in [9.17, 15) is 9.50 Å². The normalized spacial score (nSPS) is 12.9. The molecule has 0 heterocycles. The Hall–Kier alpha value is -1.09. The van der Waals surface area contributed by atoms with Crippen LogP contribution in [0.5, 0.6) is 5.75 Å². The molecule has 0 bridgehead atoms. The van der Waals surface area contributed by atoms with Crippen molar-refractivity contribution in [2.24, 2.45) is 5.92 Å². The van der Waals surface area contributed by atoms with Gasteiger partial charge in [0.2, 0.25) is 0 Å². The molecule has 0 saturated heterocycles. The van der Waals surface area contributed by atoms with Crippen molar-refractivity contribution in [3.63, 3.8) is 0 Å². The zero-order valence-electron chi connectivity index (χ0n) is 10.0. The highest BCUT2D eigenvalue weighted by Crippen LogP contribution is 2.29. The topological polar surface area (TPSA) is 29.5 Å². The first-order chi connectivity index (χ1) is 7.54. The second-order valence-electron chi connectivity index (χ2n) is 4.37. The summed E-state index contributed by atoms with van der Waals surface area (Å²) in [5.74, 6) is 0.714. The summed E-state index contributed by atoms with van der Waals surface area (Å²) in [6, 6.07) is 4.21. The van der Waals surface area contributed by atoms with Crippen molar-refractivity contribution in [3.8, 4) is 5.75 Å². The Labute approximate surface area is 96.1 Å². The fourth-order valence-electron chi connectivity index (χ4n) is 1.61. The summed E-state index contributed by atoms with van der Waals surface area (Å²) in [5, 5.41) is 9.96. The zero-order chi connectivity index (χ0) is 12.1. The highest BCUT2D eigenvalue weighted by Gasteiger charge is 2.14. The van der Waals surface area contributed by atoms with E-state index < -0.39 is 6.10 Å². The van der Waals surface area contributed by atoms with E-state index in [1.807, 2.05) is 0 Å². The van der Waals surface area contributed by atoms with Crippen molar-refractivity contribution in [2.45, 2.75) is 32.8 Å². The molecule has 0 radical (unpaired) electrons. The maximum atomic E-state index is 13.1. The van der Waals surface area contributed by atoms with Crippen LogP contribution in [0.15, 0.2) is 18.2 Å². The Bertz CT molecular complexity index is 337. The molecule has 0 aliphatic heterocycles. The predicted molar refractivity (Wildman–Crippen MR) is 62.0 cm³/mol. The van der Waals surface area contributed by atoms with Crippen LogP contribution in [-0.2, 0) is 0 Å². The van der Waals surface area contributed by atoms with Gasteiger partial charge in [0.15, 0.2) is 0 Å². The third-order valence-electron chi connectivity index (χ3n) is 2.57. The molecule has 0 saturated carbocycles. The number of halogens is 1. The molecule has 1 atom stereocenters. The molecule has 0 fully saturated rings. The molecular weight excluding hydrogens is 207 g/mol. The van der Waals surface area contributed by atoms with Crippen molar-refractivity contribution in [1.29, 1.82) is 0 Å². The minimum atomic E-state index is -0.659. The Morgan fingerprint density at radius 3 is 2.56 bits per heavy atom. The highest BCUT2D eigenvalue weighted by atomic mass is 19.1. The molecule has 0 aliphatic rings. The number of aliphatic hydroxyl groups excluding tert-OH is 1. The van der Waals surface area contributed by atoms with Gasteiger partial charge >= 0.3 is 0 Å². The Kier molecular flexibility index (Phi) is 4.74. The summed E-state index contributed by atoms with van der Waals surface area (Å²) in [5.41, 5.74) is 0.531. The van der Waals surface area contributed by atoms with Crippen molar-refractivity contribution in [3.05, 3.63) is 29.6 Å². The summed E-state index contributed by atoms with van der Waals surface area (Å²) in [4.78, 5) is 0. The van der Waals surface area contributed by atoms with E-state index in [2.05, 4.69) is 13.8 Å². The number of benzene rings is 1. The van der Waals surface area contributed by atoms with E-state index in [0.717, 1.165) is 6.42 Å². The van der Waals surface area contributed by atoms with Crippen LogP contribution in [0.4, 0.5) is 4.39 Å². The maximum Gasteiger partial charge on any atom is 0.124 e. The van der Waals surface area contributed by atoms with Gasteiger partial charge in [0.25, 0.3) is 0 Å². The minimum absolute atomic E-state index is 0.348. The minimum Gasteiger partial charge on any atom is -0.496 e. The van der Waals surface area contributed by atoms with E-state index in [1.54, 1.807) is 6.07 Å². The summed E-state index contributed by atoms with van der Waals surface area (Å²) in [7, 11) is 1.52. The molecule has 0 aromatic heterocycles. The maximum absolute atomic E-state index is 13.1. The molecule has 0 spiro atoms. The van der Waals surface area contributed by atoms with E-state index in [1.165, 1.54) is 19.2 Å². The molecular formula is C13H19FO2. The average Bonchev–Trinajstić information content (AvgIpc) is 2.25. The summed E-state index contributed by atoms with van der Waals surface area (Å²) < 4.78 is 18.2. The van der Waals surface area contributed by atoms with E-state index >= 15 is 0 Å². The fourth-order valence-corrected chi connectivity index (χ4v) is 1.61. The number of hydrogen-bond donors (Lipinski definition) is 1. The molecule has 1 unspecified atom stereocenters. The first kappa shape index (κ1) is 13.0. The molecule has 16 heavy (non-hydrogen) atoms. The smallest absolute Gasteiger partial charge is 0.124 e. The fraction of sp³-hybridized carbons (Fsp3) is 0.538. The molecule has 1 aromatic rings. The summed E-state index contributed by atoms with van der Waals surface area (Å²) in [6.45, 7) is 4.19. The van der Waals surface area contributed by atoms with Crippen molar-refractivity contribution in [2.75, 3.05) is 7.11 Å². The van der Waals surface area contributed by atoms with Crippen molar-refractivity contribution < 1.29 is 14.2 Å². The third kappa shape index (κ3) is 3.49. The van der Waals surface area contributed by atoms with Crippen LogP contribution in [0.3, 0.4) is 0 Å². The summed E-state index contributed by atoms with van der Waals surface area (Å²) in [6.07, 6.45) is 0.867. The number of methoxy groups -OCH3 is 1. The third-order valence-corrected chi connectivity index (χ3v) is 2.57. The standard InChI is InChI=1S/C13H19FO2/c1-9(2)4-6-12(15)11-8-10(14)5-7-13(11)16-3/h5,7-9,12,15H,4,6H2,1-3H3. The summed E-state index contributed by atoms with van der Waals surface area (Å²) >= 11 is 0. The van der Waals surface area contributed by atoms with Crippen LogP contribution in [0, 0.1) is 11.7 Å². The van der Waals surface area contributed by atoms with Gasteiger partial charge in [-0.1, -0.05) is 13.8 Å². The monoisotopic (exact) mass is 226 g/mol. The molecule has 0 aliphatic carbocycles. The van der Waals surface area contributed by atoms with Crippen LogP contribution in [-0.4, -0.2) is 12.2 Å². The van der Waals surface area contributed by atoms with Gasteiger partial charge in [-0.25, -0.2) is 4.39 Å². The molecule has 1 rings (SSSR count). The molecule has 90 valence electrons. The molecule has 1 aromatic carbocycles. The second kappa shape index (κ2) is 5.85. The Morgan fingerprint density at radius 2 is 2.00 bits per heavy atom. The second-order valence-corrected chi connectivity index (χ2v) is 4.37. The number of ether oxygens (including phenoxy) is 1.